The van der Waals surface area contributed by atoms with Gasteiger partial charge in [0, 0.05) is 26.1 Å². The van der Waals surface area contributed by atoms with Gasteiger partial charge in [-0.15, -0.1) is 12.4 Å². The third-order valence-corrected chi connectivity index (χ3v) is 5.04. The molecule has 1 saturated heterocycles. The van der Waals surface area contributed by atoms with Crippen LogP contribution in [0.5, 0.6) is 0 Å². The molecule has 0 spiro atoms. The Kier molecular flexibility index (Phi) is 6.72. The molecule has 0 radical (unpaired) electrons. The molecule has 0 amide bonds. The van der Waals surface area contributed by atoms with Gasteiger partial charge in [-0.2, -0.15) is 0 Å². The number of aliphatic hydroxyl groups is 1. The van der Waals surface area contributed by atoms with Crippen LogP contribution in [0.3, 0.4) is 0 Å². The molecule has 2 N–H and O–H groups in total. The maximum absolute atomic E-state index is 11.7. The van der Waals surface area contributed by atoms with E-state index in [-0.39, 0.29) is 18.4 Å². The lowest BCUT2D eigenvalue weighted by atomic mass is 9.79. The van der Waals surface area contributed by atoms with Crippen molar-refractivity contribution in [2.75, 3.05) is 6.54 Å². The predicted molar refractivity (Wildman–Crippen MR) is 104 cm³/mol. The Labute approximate surface area is 167 Å². The van der Waals surface area contributed by atoms with Crippen LogP contribution in [0.1, 0.15) is 24.0 Å². The summed E-state index contributed by atoms with van der Waals surface area (Å²) in [4.78, 5) is 0. The van der Waals surface area contributed by atoms with Crippen LogP contribution in [0.25, 0.3) is 0 Å². The molecule has 0 bridgehead atoms. The maximum Gasteiger partial charge on any atom is 0.130 e. The Morgan fingerprint density at radius 3 is 1.58 bits per heavy atom. The van der Waals surface area contributed by atoms with E-state index < -0.39 is 5.60 Å². The zero-order chi connectivity index (χ0) is 16.6. The predicted octanol–water partition coefficient (Wildman–Crippen LogP) is 5.71. The van der Waals surface area contributed by atoms with E-state index in [4.69, 9.17) is 46.4 Å². The van der Waals surface area contributed by atoms with Crippen LogP contribution in [0.2, 0.25) is 20.1 Å². The second-order valence-electron chi connectivity index (χ2n) is 5.73. The summed E-state index contributed by atoms with van der Waals surface area (Å²) in [6.07, 6.45) is 1.81. The van der Waals surface area contributed by atoms with Crippen molar-refractivity contribution in [2.24, 2.45) is 0 Å². The van der Waals surface area contributed by atoms with Crippen molar-refractivity contribution in [1.82, 2.24) is 5.32 Å². The molecule has 0 aliphatic carbocycles. The van der Waals surface area contributed by atoms with Crippen molar-refractivity contribution in [3.8, 4) is 0 Å². The number of benzene rings is 2. The summed E-state index contributed by atoms with van der Waals surface area (Å²) in [7, 11) is 0. The summed E-state index contributed by atoms with van der Waals surface area (Å²) in [5.74, 6) is 0. The fraction of sp³-hybridized carbons (Fsp3) is 0.294. The summed E-state index contributed by atoms with van der Waals surface area (Å²) in [6.45, 7) is 0.843. The number of halogens is 5. The van der Waals surface area contributed by atoms with Crippen molar-refractivity contribution < 1.29 is 5.11 Å². The van der Waals surface area contributed by atoms with Gasteiger partial charge in [-0.3, -0.25) is 0 Å². The molecule has 2 nitrogen and oxygen atoms in total. The van der Waals surface area contributed by atoms with Crippen molar-refractivity contribution in [3.63, 3.8) is 0 Å². The average Bonchev–Trinajstić information content (AvgIpc) is 2.98. The van der Waals surface area contributed by atoms with Crippen LogP contribution < -0.4 is 5.32 Å². The zero-order valence-electron chi connectivity index (χ0n) is 12.5. The van der Waals surface area contributed by atoms with Gasteiger partial charge in [-0.1, -0.05) is 46.4 Å². The molecule has 0 aromatic heterocycles. The summed E-state index contributed by atoms with van der Waals surface area (Å²) in [5, 5.41) is 16.9. The minimum atomic E-state index is -1.32. The van der Waals surface area contributed by atoms with Gasteiger partial charge < -0.3 is 10.4 Å². The normalized spacial score (nSPS) is 17.6. The summed E-state index contributed by atoms with van der Waals surface area (Å²) >= 11 is 24.6. The lowest BCUT2D eigenvalue weighted by molar-refractivity contribution is 0.0443. The van der Waals surface area contributed by atoms with Crippen LogP contribution in [0.15, 0.2) is 36.4 Å². The molecule has 1 fully saturated rings. The quantitative estimate of drug-likeness (QED) is 0.658. The lowest BCUT2D eigenvalue weighted by Gasteiger charge is -2.36. The summed E-state index contributed by atoms with van der Waals surface area (Å²) in [5.41, 5.74) is -0.0833. The van der Waals surface area contributed by atoms with Crippen molar-refractivity contribution in [1.29, 1.82) is 0 Å². The fourth-order valence-electron chi connectivity index (χ4n) is 3.16. The molecule has 1 aliphatic heterocycles. The van der Waals surface area contributed by atoms with E-state index in [0.29, 0.717) is 31.2 Å². The minimum absolute atomic E-state index is 0. The molecular formula is C17H16Cl5NO. The van der Waals surface area contributed by atoms with Crippen molar-refractivity contribution in [2.45, 2.75) is 24.5 Å². The molecule has 1 atom stereocenters. The molecule has 1 aliphatic rings. The van der Waals surface area contributed by atoms with E-state index in [1.165, 1.54) is 0 Å². The molecule has 0 unspecified atom stereocenters. The van der Waals surface area contributed by atoms with Crippen LogP contribution in [-0.4, -0.2) is 17.7 Å². The van der Waals surface area contributed by atoms with Gasteiger partial charge >= 0.3 is 0 Å². The molecule has 2 aromatic carbocycles. The van der Waals surface area contributed by atoms with Crippen LogP contribution in [0.4, 0.5) is 0 Å². The van der Waals surface area contributed by atoms with Gasteiger partial charge in [-0.25, -0.2) is 0 Å². The minimum Gasteiger partial charge on any atom is -0.379 e. The number of nitrogens with one attached hydrogen (secondary N) is 1. The Morgan fingerprint density at radius 2 is 1.25 bits per heavy atom. The molecule has 24 heavy (non-hydrogen) atoms. The number of hydrogen-bond donors (Lipinski definition) is 2. The third-order valence-electron chi connectivity index (χ3n) is 4.17. The first kappa shape index (κ1) is 20.1. The highest BCUT2D eigenvalue weighted by molar-refractivity contribution is 6.35. The van der Waals surface area contributed by atoms with Gasteiger partial charge in [0.1, 0.15) is 5.60 Å². The molecule has 3 rings (SSSR count). The molecular weight excluding hydrogens is 411 g/mol. The SMILES string of the molecule is Cl.OC(c1cc(Cl)cc(Cl)c1)(c1cc(Cl)cc(Cl)c1)[C@H]1CCCN1. The first-order valence-corrected chi connectivity index (χ1v) is 8.79. The Hall–Kier alpha value is -0.190. The van der Waals surface area contributed by atoms with Gasteiger partial charge in [0.25, 0.3) is 0 Å². The van der Waals surface area contributed by atoms with Crippen molar-refractivity contribution in [3.05, 3.63) is 67.6 Å². The first-order valence-electron chi connectivity index (χ1n) is 7.28. The largest absolute Gasteiger partial charge is 0.379 e. The topological polar surface area (TPSA) is 32.3 Å². The van der Waals surface area contributed by atoms with E-state index in [1.807, 2.05) is 0 Å². The molecule has 2 aromatic rings. The third kappa shape index (κ3) is 3.96. The van der Waals surface area contributed by atoms with Crippen LogP contribution in [0, 0.1) is 0 Å². The average molecular weight is 428 g/mol. The molecule has 1 heterocycles. The first-order chi connectivity index (χ1) is 10.9. The van der Waals surface area contributed by atoms with E-state index in [0.717, 1.165) is 19.4 Å². The second-order valence-corrected chi connectivity index (χ2v) is 7.48. The standard InChI is InChI=1S/C17H15Cl4NO.ClH/c18-12-4-10(5-13(19)8-12)17(23,16-2-1-3-22-16)11-6-14(20)9-15(21)7-11;/h4-9,16,22-23H,1-3H2;1H/t16-;/m1./s1. The maximum atomic E-state index is 11.7. The van der Waals surface area contributed by atoms with Gasteiger partial charge in [0.2, 0.25) is 0 Å². The summed E-state index contributed by atoms with van der Waals surface area (Å²) < 4.78 is 0. The Bertz CT molecular complexity index is 639. The Balaban J connectivity index is 0.00000208. The second kappa shape index (κ2) is 8.01. The highest BCUT2D eigenvalue weighted by atomic mass is 35.5. The highest BCUT2D eigenvalue weighted by Gasteiger charge is 2.42. The highest BCUT2D eigenvalue weighted by Crippen LogP contribution is 2.40. The van der Waals surface area contributed by atoms with Crippen LogP contribution in [-0.2, 0) is 5.60 Å². The molecule has 130 valence electrons. The van der Waals surface area contributed by atoms with Gasteiger partial charge in [-0.05, 0) is 66.9 Å². The van der Waals surface area contributed by atoms with Gasteiger partial charge in [0.15, 0.2) is 0 Å². The Morgan fingerprint density at radius 1 is 0.833 bits per heavy atom. The zero-order valence-corrected chi connectivity index (χ0v) is 16.4. The fourth-order valence-corrected chi connectivity index (χ4v) is 4.21. The smallest absolute Gasteiger partial charge is 0.130 e. The number of rotatable bonds is 3. The van der Waals surface area contributed by atoms with Crippen LogP contribution >= 0.6 is 58.8 Å². The number of hydrogen-bond acceptors (Lipinski definition) is 2. The summed E-state index contributed by atoms with van der Waals surface area (Å²) in [6, 6.07) is 10.0. The lowest BCUT2D eigenvalue weighted by Crippen LogP contribution is -2.46. The van der Waals surface area contributed by atoms with E-state index in [1.54, 1.807) is 36.4 Å². The van der Waals surface area contributed by atoms with Crippen molar-refractivity contribution >= 4 is 58.8 Å². The van der Waals surface area contributed by atoms with E-state index in [2.05, 4.69) is 5.32 Å². The monoisotopic (exact) mass is 425 g/mol. The molecule has 0 saturated carbocycles. The van der Waals surface area contributed by atoms with Gasteiger partial charge in [0.05, 0.1) is 0 Å². The molecule has 7 heteroatoms. The van der Waals surface area contributed by atoms with E-state index in [9.17, 15) is 5.11 Å². The van der Waals surface area contributed by atoms with E-state index >= 15 is 0 Å².